The minimum atomic E-state index is 0.714. The molecule has 1 aliphatic rings. The summed E-state index contributed by atoms with van der Waals surface area (Å²) in [7, 11) is 2.12. The molecule has 0 heterocycles. The SMILES string of the molecule is C=C(C)CCC(NC)C1CCCC(CC)C1. The van der Waals surface area contributed by atoms with Crippen molar-refractivity contribution in [2.45, 2.75) is 64.8 Å². The fraction of sp³-hybridized carbons (Fsp3) is 0.867. The molecule has 1 saturated carbocycles. The van der Waals surface area contributed by atoms with Gasteiger partial charge in [-0.1, -0.05) is 31.8 Å². The third-order valence-electron chi connectivity index (χ3n) is 4.22. The lowest BCUT2D eigenvalue weighted by atomic mass is 9.75. The Labute approximate surface area is 102 Å². The summed E-state index contributed by atoms with van der Waals surface area (Å²) in [6.45, 7) is 8.49. The Hall–Kier alpha value is -0.300. The average molecular weight is 223 g/mol. The monoisotopic (exact) mass is 223 g/mol. The van der Waals surface area contributed by atoms with Crippen molar-refractivity contribution in [1.29, 1.82) is 0 Å². The van der Waals surface area contributed by atoms with Gasteiger partial charge in [0.05, 0.1) is 0 Å². The van der Waals surface area contributed by atoms with Gasteiger partial charge >= 0.3 is 0 Å². The van der Waals surface area contributed by atoms with Gasteiger partial charge < -0.3 is 5.32 Å². The summed E-state index contributed by atoms with van der Waals surface area (Å²) in [5.74, 6) is 1.89. The van der Waals surface area contributed by atoms with Crippen LogP contribution in [0.4, 0.5) is 0 Å². The van der Waals surface area contributed by atoms with Crippen LogP contribution in [0.1, 0.15) is 58.8 Å². The quantitative estimate of drug-likeness (QED) is 0.667. The Bertz CT molecular complexity index is 209. The molecule has 0 aromatic rings. The average Bonchev–Trinajstić information content (AvgIpc) is 2.30. The van der Waals surface area contributed by atoms with Crippen molar-refractivity contribution in [2.75, 3.05) is 7.05 Å². The van der Waals surface area contributed by atoms with Crippen LogP contribution >= 0.6 is 0 Å². The van der Waals surface area contributed by atoms with Gasteiger partial charge in [0.1, 0.15) is 0 Å². The van der Waals surface area contributed by atoms with Gasteiger partial charge in [-0.2, -0.15) is 0 Å². The Kier molecular flexibility index (Phi) is 6.12. The zero-order chi connectivity index (χ0) is 12.0. The van der Waals surface area contributed by atoms with Gasteiger partial charge in [0.2, 0.25) is 0 Å². The predicted octanol–water partition coefficient (Wildman–Crippen LogP) is 4.15. The third-order valence-corrected chi connectivity index (χ3v) is 4.22. The highest BCUT2D eigenvalue weighted by Crippen LogP contribution is 2.34. The lowest BCUT2D eigenvalue weighted by Crippen LogP contribution is -2.36. The minimum absolute atomic E-state index is 0.714. The van der Waals surface area contributed by atoms with E-state index in [1.807, 2.05) is 0 Å². The van der Waals surface area contributed by atoms with E-state index in [1.54, 1.807) is 0 Å². The molecule has 0 bridgehead atoms. The Morgan fingerprint density at radius 3 is 2.75 bits per heavy atom. The summed E-state index contributed by atoms with van der Waals surface area (Å²) in [5, 5.41) is 3.53. The molecule has 3 unspecified atom stereocenters. The molecule has 0 radical (unpaired) electrons. The second kappa shape index (κ2) is 7.11. The van der Waals surface area contributed by atoms with E-state index in [1.165, 1.54) is 50.5 Å². The van der Waals surface area contributed by atoms with Crippen molar-refractivity contribution in [2.24, 2.45) is 11.8 Å². The van der Waals surface area contributed by atoms with Crippen molar-refractivity contribution < 1.29 is 0 Å². The highest BCUT2D eigenvalue weighted by atomic mass is 14.9. The molecule has 1 heteroatoms. The molecule has 94 valence electrons. The Morgan fingerprint density at radius 1 is 1.44 bits per heavy atom. The van der Waals surface area contributed by atoms with Gasteiger partial charge in [0, 0.05) is 6.04 Å². The molecule has 1 aliphatic carbocycles. The number of nitrogens with one attached hydrogen (secondary N) is 1. The first kappa shape index (κ1) is 13.8. The van der Waals surface area contributed by atoms with Crippen molar-refractivity contribution in [3.05, 3.63) is 12.2 Å². The Balaban J connectivity index is 2.41. The van der Waals surface area contributed by atoms with Gasteiger partial charge in [-0.25, -0.2) is 0 Å². The van der Waals surface area contributed by atoms with Crippen molar-refractivity contribution >= 4 is 0 Å². The topological polar surface area (TPSA) is 12.0 Å². The van der Waals surface area contributed by atoms with Gasteiger partial charge in [-0.05, 0) is 51.5 Å². The van der Waals surface area contributed by atoms with Crippen LogP contribution in [-0.2, 0) is 0 Å². The minimum Gasteiger partial charge on any atom is -0.317 e. The van der Waals surface area contributed by atoms with Crippen LogP contribution < -0.4 is 5.32 Å². The van der Waals surface area contributed by atoms with Crippen LogP contribution in [0, 0.1) is 11.8 Å². The molecular formula is C15H29N. The van der Waals surface area contributed by atoms with E-state index in [9.17, 15) is 0 Å². The summed E-state index contributed by atoms with van der Waals surface area (Å²) in [6, 6.07) is 0.714. The molecule has 0 amide bonds. The van der Waals surface area contributed by atoms with Crippen LogP contribution in [-0.4, -0.2) is 13.1 Å². The second-order valence-corrected chi connectivity index (χ2v) is 5.59. The van der Waals surface area contributed by atoms with E-state index in [2.05, 4.69) is 32.8 Å². The zero-order valence-electron chi connectivity index (χ0n) is 11.4. The maximum absolute atomic E-state index is 4.01. The molecule has 3 atom stereocenters. The highest BCUT2D eigenvalue weighted by Gasteiger charge is 2.26. The van der Waals surface area contributed by atoms with Crippen LogP contribution in [0.3, 0.4) is 0 Å². The van der Waals surface area contributed by atoms with E-state index in [0.717, 1.165) is 11.8 Å². The first-order chi connectivity index (χ1) is 7.67. The van der Waals surface area contributed by atoms with E-state index < -0.39 is 0 Å². The van der Waals surface area contributed by atoms with E-state index in [-0.39, 0.29) is 0 Å². The highest BCUT2D eigenvalue weighted by molar-refractivity contribution is 4.91. The number of hydrogen-bond acceptors (Lipinski definition) is 1. The van der Waals surface area contributed by atoms with Gasteiger partial charge in [-0.15, -0.1) is 6.58 Å². The molecule has 0 saturated heterocycles. The zero-order valence-corrected chi connectivity index (χ0v) is 11.4. The number of hydrogen-bond donors (Lipinski definition) is 1. The van der Waals surface area contributed by atoms with Crippen molar-refractivity contribution in [3.8, 4) is 0 Å². The summed E-state index contributed by atoms with van der Waals surface area (Å²) in [5.41, 5.74) is 1.32. The lowest BCUT2D eigenvalue weighted by molar-refractivity contribution is 0.207. The first-order valence-electron chi connectivity index (χ1n) is 6.99. The first-order valence-corrected chi connectivity index (χ1v) is 6.99. The smallest absolute Gasteiger partial charge is 0.00954 e. The van der Waals surface area contributed by atoms with Crippen molar-refractivity contribution in [3.63, 3.8) is 0 Å². The van der Waals surface area contributed by atoms with Crippen LogP contribution in [0.2, 0.25) is 0 Å². The van der Waals surface area contributed by atoms with Gasteiger partial charge in [0.15, 0.2) is 0 Å². The van der Waals surface area contributed by atoms with E-state index in [0.29, 0.717) is 6.04 Å². The molecule has 0 aromatic heterocycles. The molecule has 1 N–H and O–H groups in total. The molecule has 0 aromatic carbocycles. The lowest BCUT2D eigenvalue weighted by Gasteiger charge is -2.34. The molecule has 16 heavy (non-hydrogen) atoms. The van der Waals surface area contributed by atoms with Crippen LogP contribution in [0.25, 0.3) is 0 Å². The fourth-order valence-corrected chi connectivity index (χ4v) is 3.09. The molecule has 1 rings (SSSR count). The maximum atomic E-state index is 4.01. The molecule has 1 fully saturated rings. The fourth-order valence-electron chi connectivity index (χ4n) is 3.09. The molecular weight excluding hydrogens is 194 g/mol. The van der Waals surface area contributed by atoms with E-state index >= 15 is 0 Å². The van der Waals surface area contributed by atoms with Gasteiger partial charge in [-0.3, -0.25) is 0 Å². The summed E-state index contributed by atoms with van der Waals surface area (Å²) in [4.78, 5) is 0. The summed E-state index contributed by atoms with van der Waals surface area (Å²) < 4.78 is 0. The second-order valence-electron chi connectivity index (χ2n) is 5.59. The van der Waals surface area contributed by atoms with Crippen molar-refractivity contribution in [1.82, 2.24) is 5.32 Å². The normalized spacial score (nSPS) is 27.7. The number of allylic oxidation sites excluding steroid dienone is 1. The molecule has 0 aliphatic heterocycles. The van der Waals surface area contributed by atoms with Crippen LogP contribution in [0.15, 0.2) is 12.2 Å². The number of rotatable bonds is 6. The molecule has 0 spiro atoms. The predicted molar refractivity (Wildman–Crippen MR) is 72.6 cm³/mol. The van der Waals surface area contributed by atoms with Crippen LogP contribution in [0.5, 0.6) is 0 Å². The summed E-state index contributed by atoms with van der Waals surface area (Å²) in [6.07, 6.45) is 9.59. The standard InChI is InChI=1S/C15H29N/c1-5-13-7-6-8-14(11-13)15(16-4)10-9-12(2)3/h13-16H,2,5-11H2,1,3-4H3. The Morgan fingerprint density at radius 2 is 2.19 bits per heavy atom. The summed E-state index contributed by atoms with van der Waals surface area (Å²) >= 11 is 0. The largest absolute Gasteiger partial charge is 0.317 e. The van der Waals surface area contributed by atoms with Gasteiger partial charge in [0.25, 0.3) is 0 Å². The van der Waals surface area contributed by atoms with E-state index in [4.69, 9.17) is 0 Å². The maximum Gasteiger partial charge on any atom is 0.00954 e. The third kappa shape index (κ3) is 4.29. The molecule has 1 nitrogen and oxygen atoms in total.